The van der Waals surface area contributed by atoms with Crippen LogP contribution in [0.4, 0.5) is 9.59 Å². The zero-order chi connectivity index (χ0) is 20.1. The van der Waals surface area contributed by atoms with E-state index in [1.807, 2.05) is 75.4 Å². The molecule has 1 aromatic heterocycles. The molecule has 0 bridgehead atoms. The van der Waals surface area contributed by atoms with Crippen LogP contribution >= 0.6 is 0 Å². The number of hydrogen-bond donors (Lipinski definition) is 1. The van der Waals surface area contributed by atoms with Gasteiger partial charge in [-0.05, 0) is 38.0 Å². The molecular formula is C22H24N2O4. The van der Waals surface area contributed by atoms with E-state index in [0.29, 0.717) is 0 Å². The average Bonchev–Trinajstić information content (AvgIpc) is 3.03. The van der Waals surface area contributed by atoms with Gasteiger partial charge in [-0.25, -0.2) is 9.59 Å². The Balaban J connectivity index is 1.69. The number of fused-ring (bicyclic) bond motifs is 1. The van der Waals surface area contributed by atoms with Crippen LogP contribution in [0.2, 0.25) is 0 Å². The van der Waals surface area contributed by atoms with Gasteiger partial charge in [-0.1, -0.05) is 48.5 Å². The van der Waals surface area contributed by atoms with Crippen molar-refractivity contribution >= 4 is 23.1 Å². The molecule has 3 aromatic rings. The first-order valence-corrected chi connectivity index (χ1v) is 9.10. The second-order valence-corrected chi connectivity index (χ2v) is 7.44. The first-order valence-electron chi connectivity index (χ1n) is 9.10. The summed E-state index contributed by atoms with van der Waals surface area (Å²) in [5.74, 6) is 0. The van der Waals surface area contributed by atoms with Crippen LogP contribution in [0.1, 0.15) is 31.9 Å². The highest BCUT2D eigenvalue weighted by atomic mass is 16.6. The SMILES string of the molecule is CC(C)(C)OC(=O)n1cc(CNC(=O)OCc2ccccc2)c2ccccc21. The summed E-state index contributed by atoms with van der Waals surface area (Å²) < 4.78 is 12.2. The van der Waals surface area contributed by atoms with E-state index in [4.69, 9.17) is 9.47 Å². The van der Waals surface area contributed by atoms with Crippen LogP contribution < -0.4 is 5.32 Å². The van der Waals surface area contributed by atoms with Crippen molar-refractivity contribution < 1.29 is 19.1 Å². The number of aromatic nitrogens is 1. The Morgan fingerprint density at radius 3 is 2.39 bits per heavy atom. The Kier molecular flexibility index (Phi) is 5.68. The fourth-order valence-corrected chi connectivity index (χ4v) is 2.79. The summed E-state index contributed by atoms with van der Waals surface area (Å²) >= 11 is 0. The molecule has 0 unspecified atom stereocenters. The highest BCUT2D eigenvalue weighted by Gasteiger charge is 2.20. The molecule has 0 saturated carbocycles. The lowest BCUT2D eigenvalue weighted by atomic mass is 10.2. The molecule has 6 heteroatoms. The van der Waals surface area contributed by atoms with Crippen LogP contribution in [0.15, 0.2) is 60.8 Å². The summed E-state index contributed by atoms with van der Waals surface area (Å²) in [5.41, 5.74) is 1.85. The van der Waals surface area contributed by atoms with Gasteiger partial charge >= 0.3 is 12.2 Å². The molecule has 0 fully saturated rings. The van der Waals surface area contributed by atoms with Gasteiger partial charge in [-0.3, -0.25) is 4.57 Å². The predicted molar refractivity (Wildman–Crippen MR) is 107 cm³/mol. The van der Waals surface area contributed by atoms with Crippen LogP contribution in [0.5, 0.6) is 0 Å². The van der Waals surface area contributed by atoms with Gasteiger partial charge in [-0.2, -0.15) is 0 Å². The fourth-order valence-electron chi connectivity index (χ4n) is 2.79. The minimum absolute atomic E-state index is 0.201. The van der Waals surface area contributed by atoms with Crippen molar-refractivity contribution in [1.82, 2.24) is 9.88 Å². The zero-order valence-corrected chi connectivity index (χ0v) is 16.3. The van der Waals surface area contributed by atoms with Crippen LogP contribution in [0.25, 0.3) is 10.9 Å². The lowest BCUT2D eigenvalue weighted by Gasteiger charge is -2.19. The van der Waals surface area contributed by atoms with E-state index in [-0.39, 0.29) is 13.2 Å². The highest BCUT2D eigenvalue weighted by Crippen LogP contribution is 2.22. The summed E-state index contributed by atoms with van der Waals surface area (Å²) in [6.07, 6.45) is 0.718. The number of amides is 1. The lowest BCUT2D eigenvalue weighted by molar-refractivity contribution is 0.0544. The van der Waals surface area contributed by atoms with Crippen molar-refractivity contribution in [2.75, 3.05) is 0 Å². The molecule has 2 aromatic carbocycles. The van der Waals surface area contributed by atoms with Gasteiger partial charge in [0.05, 0.1) is 5.52 Å². The second kappa shape index (κ2) is 8.17. The number of nitrogens with zero attached hydrogens (tertiary/aromatic N) is 1. The summed E-state index contributed by atoms with van der Waals surface area (Å²) in [4.78, 5) is 24.5. The molecule has 0 saturated heterocycles. The number of carbonyl (C=O) groups is 2. The molecule has 0 atom stereocenters. The molecule has 1 amide bonds. The minimum atomic E-state index is -0.595. The van der Waals surface area contributed by atoms with Gasteiger partial charge < -0.3 is 14.8 Å². The summed E-state index contributed by atoms with van der Waals surface area (Å²) in [6.45, 7) is 5.90. The van der Waals surface area contributed by atoms with Crippen molar-refractivity contribution in [2.24, 2.45) is 0 Å². The Labute approximate surface area is 164 Å². The fraction of sp³-hybridized carbons (Fsp3) is 0.273. The number of hydrogen-bond acceptors (Lipinski definition) is 4. The molecule has 0 radical (unpaired) electrons. The van der Waals surface area contributed by atoms with E-state index < -0.39 is 17.8 Å². The molecule has 0 aliphatic rings. The first-order chi connectivity index (χ1) is 13.3. The van der Waals surface area contributed by atoms with E-state index in [0.717, 1.165) is 22.0 Å². The van der Waals surface area contributed by atoms with E-state index in [2.05, 4.69) is 5.32 Å². The first kappa shape index (κ1) is 19.5. The Morgan fingerprint density at radius 2 is 1.68 bits per heavy atom. The van der Waals surface area contributed by atoms with Crippen LogP contribution in [0, 0.1) is 0 Å². The van der Waals surface area contributed by atoms with Gasteiger partial charge in [0.1, 0.15) is 12.2 Å². The van der Waals surface area contributed by atoms with E-state index >= 15 is 0 Å². The van der Waals surface area contributed by atoms with Crippen molar-refractivity contribution in [3.63, 3.8) is 0 Å². The number of benzene rings is 2. The summed E-state index contributed by atoms with van der Waals surface area (Å²) in [6, 6.07) is 17.0. The largest absolute Gasteiger partial charge is 0.445 e. The second-order valence-electron chi connectivity index (χ2n) is 7.44. The van der Waals surface area contributed by atoms with E-state index in [9.17, 15) is 9.59 Å². The van der Waals surface area contributed by atoms with Gasteiger partial charge in [0, 0.05) is 18.1 Å². The predicted octanol–water partition coefficient (Wildman–Crippen LogP) is 4.85. The smallest absolute Gasteiger partial charge is 0.419 e. The van der Waals surface area contributed by atoms with E-state index in [1.165, 1.54) is 4.57 Å². The number of ether oxygens (including phenoxy) is 2. The third-order valence-corrected chi connectivity index (χ3v) is 4.02. The molecule has 1 heterocycles. The topological polar surface area (TPSA) is 69.6 Å². The number of nitrogens with one attached hydrogen (secondary N) is 1. The lowest BCUT2D eigenvalue weighted by Crippen LogP contribution is -2.27. The average molecular weight is 380 g/mol. The van der Waals surface area contributed by atoms with Crippen LogP contribution in [-0.4, -0.2) is 22.4 Å². The Hall–Kier alpha value is -3.28. The van der Waals surface area contributed by atoms with Crippen molar-refractivity contribution in [1.29, 1.82) is 0 Å². The molecule has 146 valence electrons. The molecule has 28 heavy (non-hydrogen) atoms. The molecule has 0 spiro atoms. The standard InChI is InChI=1S/C22H24N2O4/c1-22(2,3)28-21(26)24-14-17(18-11-7-8-12-19(18)24)13-23-20(25)27-15-16-9-5-4-6-10-16/h4-12,14H,13,15H2,1-3H3,(H,23,25). The summed E-state index contributed by atoms with van der Waals surface area (Å²) in [7, 11) is 0. The number of para-hydroxylation sites is 1. The van der Waals surface area contributed by atoms with Crippen molar-refractivity contribution in [3.05, 3.63) is 71.9 Å². The van der Waals surface area contributed by atoms with Gasteiger partial charge in [0.25, 0.3) is 0 Å². The molecule has 1 N–H and O–H groups in total. The van der Waals surface area contributed by atoms with Gasteiger partial charge in [-0.15, -0.1) is 0 Å². The molecule has 6 nitrogen and oxygen atoms in total. The van der Waals surface area contributed by atoms with Crippen LogP contribution in [-0.2, 0) is 22.6 Å². The Morgan fingerprint density at radius 1 is 1.00 bits per heavy atom. The normalized spacial score (nSPS) is 11.2. The third kappa shape index (κ3) is 4.91. The monoisotopic (exact) mass is 380 g/mol. The quantitative estimate of drug-likeness (QED) is 0.702. The number of carbonyl (C=O) groups excluding carboxylic acids is 2. The van der Waals surface area contributed by atoms with Crippen molar-refractivity contribution in [2.45, 2.75) is 39.5 Å². The Bertz CT molecular complexity index is 971. The molecule has 0 aliphatic heterocycles. The van der Waals surface area contributed by atoms with Crippen LogP contribution in [0.3, 0.4) is 0 Å². The van der Waals surface area contributed by atoms with Gasteiger partial charge in [0.15, 0.2) is 0 Å². The molecule has 3 rings (SSSR count). The third-order valence-electron chi connectivity index (χ3n) is 4.02. The highest BCUT2D eigenvalue weighted by molar-refractivity contribution is 5.92. The number of alkyl carbamates (subject to hydrolysis) is 1. The maximum Gasteiger partial charge on any atom is 0.419 e. The molecule has 0 aliphatic carbocycles. The van der Waals surface area contributed by atoms with Gasteiger partial charge in [0.2, 0.25) is 0 Å². The maximum absolute atomic E-state index is 12.5. The van der Waals surface area contributed by atoms with E-state index in [1.54, 1.807) is 6.20 Å². The van der Waals surface area contributed by atoms with Crippen molar-refractivity contribution in [3.8, 4) is 0 Å². The minimum Gasteiger partial charge on any atom is -0.445 e. The molecular weight excluding hydrogens is 356 g/mol. The maximum atomic E-state index is 12.5. The zero-order valence-electron chi connectivity index (χ0n) is 16.3. The summed E-state index contributed by atoms with van der Waals surface area (Å²) in [5, 5.41) is 3.61. The number of rotatable bonds is 4.